The van der Waals surface area contributed by atoms with Crippen LogP contribution < -0.4 is 5.32 Å². The third-order valence-electron chi connectivity index (χ3n) is 5.86. The lowest BCUT2D eigenvalue weighted by atomic mass is 9.98. The van der Waals surface area contributed by atoms with Crippen molar-refractivity contribution in [3.63, 3.8) is 0 Å². The molecule has 31 heavy (non-hydrogen) atoms. The van der Waals surface area contributed by atoms with Gasteiger partial charge in [-0.25, -0.2) is 9.59 Å². The number of hydrogen-bond acceptors (Lipinski definition) is 3. The minimum absolute atomic E-state index is 0.0674. The molecule has 0 unspecified atom stereocenters. The van der Waals surface area contributed by atoms with Crippen molar-refractivity contribution in [1.82, 2.24) is 5.32 Å². The number of nitrogens with one attached hydrogen (secondary N) is 1. The van der Waals surface area contributed by atoms with Gasteiger partial charge in [0, 0.05) is 12.3 Å². The second kappa shape index (κ2) is 9.04. The number of aryl methyl sites for hydroxylation is 1. The summed E-state index contributed by atoms with van der Waals surface area (Å²) in [5, 5.41) is 12.1. The van der Waals surface area contributed by atoms with Gasteiger partial charge in [-0.05, 0) is 39.8 Å². The van der Waals surface area contributed by atoms with Crippen LogP contribution in [0, 0.1) is 0 Å². The molecule has 0 bridgehead atoms. The average molecular weight is 415 g/mol. The average Bonchev–Trinajstić information content (AvgIpc) is 3.11. The van der Waals surface area contributed by atoms with E-state index in [-0.39, 0.29) is 18.9 Å². The largest absolute Gasteiger partial charge is 0.480 e. The molecule has 1 atom stereocenters. The van der Waals surface area contributed by atoms with Crippen LogP contribution in [0.1, 0.15) is 35.1 Å². The number of ether oxygens (including phenoxy) is 1. The Balaban J connectivity index is 1.44. The van der Waals surface area contributed by atoms with Gasteiger partial charge in [-0.15, -0.1) is 0 Å². The summed E-state index contributed by atoms with van der Waals surface area (Å²) < 4.78 is 5.50. The molecule has 0 aliphatic heterocycles. The van der Waals surface area contributed by atoms with Crippen LogP contribution >= 0.6 is 0 Å². The molecule has 4 rings (SSSR count). The van der Waals surface area contributed by atoms with Crippen molar-refractivity contribution in [2.45, 2.75) is 31.7 Å². The Bertz CT molecular complexity index is 1060. The van der Waals surface area contributed by atoms with Crippen LogP contribution in [0.5, 0.6) is 0 Å². The van der Waals surface area contributed by atoms with Gasteiger partial charge < -0.3 is 15.2 Å². The summed E-state index contributed by atoms with van der Waals surface area (Å²) in [5.74, 6) is -1.15. The quantitative estimate of drug-likeness (QED) is 0.582. The first-order chi connectivity index (χ1) is 15.1. The lowest BCUT2D eigenvalue weighted by molar-refractivity contribution is -0.139. The van der Waals surface area contributed by atoms with Gasteiger partial charge in [0.15, 0.2) is 0 Å². The highest BCUT2D eigenvalue weighted by atomic mass is 16.5. The number of rotatable bonds is 7. The lowest BCUT2D eigenvalue weighted by Crippen LogP contribution is -2.43. The maximum Gasteiger partial charge on any atom is 0.407 e. The molecule has 1 amide bonds. The summed E-state index contributed by atoms with van der Waals surface area (Å²) in [6.07, 6.45) is 0.292. The molecule has 0 spiro atoms. The van der Waals surface area contributed by atoms with Gasteiger partial charge in [0.25, 0.3) is 0 Å². The Hall–Kier alpha value is -3.60. The van der Waals surface area contributed by atoms with Crippen molar-refractivity contribution < 1.29 is 19.4 Å². The Morgan fingerprint density at radius 1 is 0.903 bits per heavy atom. The molecular formula is C26H25NO4. The van der Waals surface area contributed by atoms with Gasteiger partial charge in [0.1, 0.15) is 12.6 Å². The fourth-order valence-corrected chi connectivity index (χ4v) is 4.30. The molecular weight excluding hydrogens is 390 g/mol. The van der Waals surface area contributed by atoms with E-state index in [0.29, 0.717) is 0 Å². The van der Waals surface area contributed by atoms with Crippen LogP contribution in [0.25, 0.3) is 11.1 Å². The first-order valence-corrected chi connectivity index (χ1v) is 10.5. The predicted octanol–water partition coefficient (Wildman–Crippen LogP) is 4.78. The van der Waals surface area contributed by atoms with Crippen LogP contribution in [0.2, 0.25) is 0 Å². The fourth-order valence-electron chi connectivity index (χ4n) is 4.30. The highest BCUT2D eigenvalue weighted by Gasteiger charge is 2.29. The number of fused-ring (bicyclic) bond motifs is 3. The Labute approximate surface area is 181 Å². The molecule has 0 saturated heterocycles. The highest BCUT2D eigenvalue weighted by molar-refractivity contribution is 5.81. The number of alkyl carbamates (subject to hydrolysis) is 1. The lowest BCUT2D eigenvalue weighted by Gasteiger charge is -2.18. The minimum atomic E-state index is -1.08. The smallest absolute Gasteiger partial charge is 0.407 e. The molecule has 0 radical (unpaired) electrons. The van der Waals surface area contributed by atoms with Crippen LogP contribution in [-0.4, -0.2) is 29.8 Å². The molecule has 0 fully saturated rings. The van der Waals surface area contributed by atoms with Crippen LogP contribution in [-0.2, 0) is 22.4 Å². The third kappa shape index (κ3) is 4.31. The molecule has 158 valence electrons. The zero-order chi connectivity index (χ0) is 21.8. The van der Waals surface area contributed by atoms with Crippen LogP contribution in [0.4, 0.5) is 4.79 Å². The summed E-state index contributed by atoms with van der Waals surface area (Å²) in [7, 11) is 0. The molecule has 5 heteroatoms. The van der Waals surface area contributed by atoms with Gasteiger partial charge in [-0.3, -0.25) is 0 Å². The Morgan fingerprint density at radius 3 is 2.03 bits per heavy atom. The van der Waals surface area contributed by atoms with Gasteiger partial charge in [-0.1, -0.05) is 79.7 Å². The molecule has 1 aliphatic carbocycles. The van der Waals surface area contributed by atoms with E-state index >= 15 is 0 Å². The van der Waals surface area contributed by atoms with Crippen molar-refractivity contribution in [3.8, 4) is 11.1 Å². The minimum Gasteiger partial charge on any atom is -0.480 e. The zero-order valence-corrected chi connectivity index (χ0v) is 17.4. The van der Waals surface area contributed by atoms with Crippen molar-refractivity contribution in [1.29, 1.82) is 0 Å². The molecule has 0 aromatic heterocycles. The number of benzene rings is 3. The zero-order valence-electron chi connectivity index (χ0n) is 17.4. The number of amides is 1. The topological polar surface area (TPSA) is 75.6 Å². The van der Waals surface area contributed by atoms with E-state index in [2.05, 4.69) is 17.4 Å². The van der Waals surface area contributed by atoms with E-state index in [4.69, 9.17) is 4.74 Å². The second-order valence-electron chi connectivity index (χ2n) is 7.69. The number of hydrogen-bond donors (Lipinski definition) is 2. The summed E-state index contributed by atoms with van der Waals surface area (Å²) in [6.45, 7) is 2.17. The van der Waals surface area contributed by atoms with Crippen molar-refractivity contribution in [2.75, 3.05) is 6.61 Å². The number of carboxylic acids is 1. The second-order valence-corrected chi connectivity index (χ2v) is 7.69. The van der Waals surface area contributed by atoms with E-state index in [9.17, 15) is 14.7 Å². The monoisotopic (exact) mass is 415 g/mol. The van der Waals surface area contributed by atoms with E-state index in [1.165, 1.54) is 0 Å². The third-order valence-corrected chi connectivity index (χ3v) is 5.86. The molecule has 3 aromatic rings. The van der Waals surface area contributed by atoms with Gasteiger partial charge in [0.05, 0.1) is 0 Å². The van der Waals surface area contributed by atoms with Gasteiger partial charge >= 0.3 is 12.1 Å². The van der Waals surface area contributed by atoms with Gasteiger partial charge in [0.2, 0.25) is 0 Å². The van der Waals surface area contributed by atoms with Crippen LogP contribution in [0.3, 0.4) is 0 Å². The SMILES string of the molecule is CCc1ccccc1C[C@H](NC(=O)OCC1c2ccccc2-c2ccccc21)C(=O)O. The van der Waals surface area contributed by atoms with Gasteiger partial charge in [-0.2, -0.15) is 0 Å². The van der Waals surface area contributed by atoms with E-state index < -0.39 is 18.1 Å². The highest BCUT2D eigenvalue weighted by Crippen LogP contribution is 2.44. The summed E-state index contributed by atoms with van der Waals surface area (Å²) in [6, 6.07) is 22.8. The standard InChI is InChI=1S/C26H25NO4/c1-2-17-9-3-4-10-18(17)15-24(25(28)29)27-26(30)31-16-23-21-13-7-5-11-19(21)20-12-6-8-14-22(20)23/h3-14,23-24H,2,15-16H2,1H3,(H,27,30)(H,28,29)/t24-/m0/s1. The van der Waals surface area contributed by atoms with E-state index in [1.54, 1.807) is 0 Å². The molecule has 0 saturated carbocycles. The Kier molecular flexibility index (Phi) is 6.03. The number of carboxylic acid groups (broad SMARTS) is 1. The number of carbonyl (C=O) groups excluding carboxylic acids is 1. The maximum atomic E-state index is 12.5. The normalized spacial score (nSPS) is 13.2. The van der Waals surface area contributed by atoms with Crippen molar-refractivity contribution >= 4 is 12.1 Å². The molecule has 1 aliphatic rings. The molecule has 5 nitrogen and oxygen atoms in total. The van der Waals surface area contributed by atoms with Crippen molar-refractivity contribution in [2.24, 2.45) is 0 Å². The van der Waals surface area contributed by atoms with E-state index in [1.807, 2.05) is 67.6 Å². The summed E-state index contributed by atoms with van der Waals surface area (Å²) in [5.41, 5.74) is 6.50. The predicted molar refractivity (Wildman–Crippen MR) is 119 cm³/mol. The first-order valence-electron chi connectivity index (χ1n) is 10.5. The van der Waals surface area contributed by atoms with E-state index in [0.717, 1.165) is 39.8 Å². The molecule has 0 heterocycles. The fraction of sp³-hybridized carbons (Fsp3) is 0.231. The van der Waals surface area contributed by atoms with Crippen LogP contribution in [0.15, 0.2) is 72.8 Å². The number of carbonyl (C=O) groups is 2. The number of aliphatic carboxylic acids is 1. The summed E-state index contributed by atoms with van der Waals surface area (Å²) >= 11 is 0. The first kappa shape index (κ1) is 20.7. The molecule has 2 N–H and O–H groups in total. The maximum absolute atomic E-state index is 12.5. The van der Waals surface area contributed by atoms with Crippen molar-refractivity contribution in [3.05, 3.63) is 95.1 Å². The summed E-state index contributed by atoms with van der Waals surface area (Å²) in [4.78, 5) is 24.2. The molecule has 3 aromatic carbocycles. The Morgan fingerprint density at radius 2 is 1.45 bits per heavy atom.